The Bertz CT molecular complexity index is 169. The molecule has 1 amide bonds. The number of nitrogens with two attached hydrogens (primary N) is 1. The fourth-order valence-electron chi connectivity index (χ4n) is 1.25. The van der Waals surface area contributed by atoms with Crippen LogP contribution >= 0.6 is 0 Å². The zero-order valence-electron chi connectivity index (χ0n) is 9.92. The molecule has 0 aromatic rings. The first-order valence-corrected chi connectivity index (χ1v) is 5.51. The van der Waals surface area contributed by atoms with Crippen molar-refractivity contribution >= 4 is 5.91 Å². The van der Waals surface area contributed by atoms with Crippen molar-refractivity contribution < 1.29 is 4.79 Å². The van der Waals surface area contributed by atoms with Crippen LogP contribution in [0.25, 0.3) is 0 Å². The van der Waals surface area contributed by atoms with Crippen molar-refractivity contribution in [2.45, 2.75) is 46.1 Å². The SMILES string of the molecule is CCCCCN(C)C(=O)C(N)C(C)C. The van der Waals surface area contributed by atoms with Crippen molar-refractivity contribution in [3.05, 3.63) is 0 Å². The van der Waals surface area contributed by atoms with Gasteiger partial charge in [-0.2, -0.15) is 0 Å². The molecule has 0 saturated carbocycles. The van der Waals surface area contributed by atoms with Crippen LogP contribution in [0.4, 0.5) is 0 Å². The van der Waals surface area contributed by atoms with Crippen molar-refractivity contribution in [2.24, 2.45) is 11.7 Å². The first-order chi connectivity index (χ1) is 6.50. The van der Waals surface area contributed by atoms with Gasteiger partial charge >= 0.3 is 0 Å². The molecule has 1 atom stereocenters. The molecular weight excluding hydrogens is 176 g/mol. The predicted molar refractivity (Wildman–Crippen MR) is 60.0 cm³/mol. The third-order valence-corrected chi connectivity index (χ3v) is 2.48. The number of nitrogens with zero attached hydrogens (tertiary/aromatic N) is 1. The second-order valence-electron chi connectivity index (χ2n) is 4.24. The third kappa shape index (κ3) is 4.61. The maximum absolute atomic E-state index is 11.7. The summed E-state index contributed by atoms with van der Waals surface area (Å²) < 4.78 is 0. The van der Waals surface area contributed by atoms with Gasteiger partial charge in [-0.05, 0) is 12.3 Å². The highest BCUT2D eigenvalue weighted by molar-refractivity contribution is 5.81. The van der Waals surface area contributed by atoms with Crippen LogP contribution in [0.3, 0.4) is 0 Å². The Hall–Kier alpha value is -0.570. The first kappa shape index (κ1) is 13.4. The van der Waals surface area contributed by atoms with Crippen LogP contribution in [0.15, 0.2) is 0 Å². The van der Waals surface area contributed by atoms with E-state index in [2.05, 4.69) is 6.92 Å². The molecule has 0 rings (SSSR count). The van der Waals surface area contributed by atoms with Gasteiger partial charge < -0.3 is 10.6 Å². The molecule has 0 aliphatic heterocycles. The van der Waals surface area contributed by atoms with E-state index in [1.54, 1.807) is 4.90 Å². The van der Waals surface area contributed by atoms with Crippen LogP contribution in [0.1, 0.15) is 40.0 Å². The zero-order chi connectivity index (χ0) is 11.1. The van der Waals surface area contributed by atoms with Gasteiger partial charge in [0.2, 0.25) is 5.91 Å². The molecule has 0 aliphatic rings. The van der Waals surface area contributed by atoms with E-state index < -0.39 is 0 Å². The first-order valence-electron chi connectivity index (χ1n) is 5.51. The third-order valence-electron chi connectivity index (χ3n) is 2.48. The maximum Gasteiger partial charge on any atom is 0.239 e. The van der Waals surface area contributed by atoms with Gasteiger partial charge in [-0.15, -0.1) is 0 Å². The van der Waals surface area contributed by atoms with E-state index in [0.717, 1.165) is 13.0 Å². The lowest BCUT2D eigenvalue weighted by Gasteiger charge is -2.23. The molecule has 0 saturated heterocycles. The topological polar surface area (TPSA) is 46.3 Å². The molecule has 0 radical (unpaired) electrons. The zero-order valence-corrected chi connectivity index (χ0v) is 9.92. The second-order valence-corrected chi connectivity index (χ2v) is 4.24. The fraction of sp³-hybridized carbons (Fsp3) is 0.909. The van der Waals surface area contributed by atoms with Gasteiger partial charge in [-0.25, -0.2) is 0 Å². The fourth-order valence-corrected chi connectivity index (χ4v) is 1.25. The highest BCUT2D eigenvalue weighted by atomic mass is 16.2. The Kier molecular flexibility index (Phi) is 6.54. The van der Waals surface area contributed by atoms with E-state index in [1.807, 2.05) is 20.9 Å². The van der Waals surface area contributed by atoms with Crippen molar-refractivity contribution in [1.29, 1.82) is 0 Å². The number of rotatable bonds is 6. The average Bonchev–Trinajstić information content (AvgIpc) is 2.15. The van der Waals surface area contributed by atoms with Gasteiger partial charge in [0, 0.05) is 13.6 Å². The number of carbonyl (C=O) groups excluding carboxylic acids is 1. The summed E-state index contributed by atoms with van der Waals surface area (Å²) in [6.45, 7) is 6.93. The Morgan fingerprint density at radius 2 is 1.93 bits per heavy atom. The lowest BCUT2D eigenvalue weighted by Crippen LogP contribution is -2.45. The smallest absolute Gasteiger partial charge is 0.239 e. The van der Waals surface area contributed by atoms with Crippen LogP contribution in [-0.2, 0) is 4.79 Å². The van der Waals surface area contributed by atoms with Gasteiger partial charge in [0.25, 0.3) is 0 Å². The molecule has 0 aromatic carbocycles. The van der Waals surface area contributed by atoms with E-state index in [4.69, 9.17) is 5.73 Å². The average molecular weight is 200 g/mol. The molecule has 1 unspecified atom stereocenters. The van der Waals surface area contributed by atoms with E-state index >= 15 is 0 Å². The number of likely N-dealkylation sites (N-methyl/N-ethyl adjacent to an activating group) is 1. The largest absolute Gasteiger partial charge is 0.344 e. The number of unbranched alkanes of at least 4 members (excludes halogenated alkanes) is 2. The summed E-state index contributed by atoms with van der Waals surface area (Å²) in [5.41, 5.74) is 5.77. The predicted octanol–water partition coefficient (Wildman–Crippen LogP) is 1.62. The van der Waals surface area contributed by atoms with Crippen LogP contribution in [0.2, 0.25) is 0 Å². The van der Waals surface area contributed by atoms with Crippen molar-refractivity contribution in [3.8, 4) is 0 Å². The lowest BCUT2D eigenvalue weighted by atomic mass is 10.0. The summed E-state index contributed by atoms with van der Waals surface area (Å²) in [7, 11) is 1.83. The van der Waals surface area contributed by atoms with E-state index in [9.17, 15) is 4.79 Å². The summed E-state index contributed by atoms with van der Waals surface area (Å²) in [6, 6.07) is -0.346. The Morgan fingerprint density at radius 1 is 1.36 bits per heavy atom. The monoisotopic (exact) mass is 200 g/mol. The number of carbonyl (C=O) groups is 1. The van der Waals surface area contributed by atoms with Crippen LogP contribution in [0.5, 0.6) is 0 Å². The quantitative estimate of drug-likeness (QED) is 0.662. The molecule has 84 valence electrons. The van der Waals surface area contributed by atoms with Crippen molar-refractivity contribution in [2.75, 3.05) is 13.6 Å². The summed E-state index contributed by atoms with van der Waals surface area (Å²) in [4.78, 5) is 13.4. The van der Waals surface area contributed by atoms with E-state index in [1.165, 1.54) is 12.8 Å². The second kappa shape index (κ2) is 6.82. The number of amides is 1. The Labute approximate surface area is 87.6 Å². The normalized spacial score (nSPS) is 13.0. The Balaban J connectivity index is 3.86. The maximum atomic E-state index is 11.7. The van der Waals surface area contributed by atoms with Gasteiger partial charge in [0.1, 0.15) is 0 Å². The van der Waals surface area contributed by atoms with E-state index in [0.29, 0.717) is 0 Å². The molecule has 14 heavy (non-hydrogen) atoms. The van der Waals surface area contributed by atoms with Crippen LogP contribution < -0.4 is 5.73 Å². The molecule has 0 aromatic heterocycles. The van der Waals surface area contributed by atoms with Crippen LogP contribution in [0, 0.1) is 5.92 Å². The molecule has 3 nitrogen and oxygen atoms in total. The summed E-state index contributed by atoms with van der Waals surface area (Å²) >= 11 is 0. The summed E-state index contributed by atoms with van der Waals surface area (Å²) in [5, 5.41) is 0. The summed E-state index contributed by atoms with van der Waals surface area (Å²) in [5.74, 6) is 0.284. The van der Waals surface area contributed by atoms with Crippen LogP contribution in [-0.4, -0.2) is 30.4 Å². The minimum absolute atomic E-state index is 0.0658. The molecule has 0 bridgehead atoms. The minimum Gasteiger partial charge on any atom is -0.344 e. The van der Waals surface area contributed by atoms with Gasteiger partial charge in [-0.1, -0.05) is 33.6 Å². The molecule has 3 heteroatoms. The van der Waals surface area contributed by atoms with Gasteiger partial charge in [0.15, 0.2) is 0 Å². The van der Waals surface area contributed by atoms with E-state index in [-0.39, 0.29) is 17.9 Å². The van der Waals surface area contributed by atoms with Crippen molar-refractivity contribution in [1.82, 2.24) is 4.90 Å². The molecule has 2 N–H and O–H groups in total. The molecule has 0 spiro atoms. The van der Waals surface area contributed by atoms with Crippen molar-refractivity contribution in [3.63, 3.8) is 0 Å². The number of hydrogen-bond acceptors (Lipinski definition) is 2. The molecule has 0 fully saturated rings. The molecular formula is C11H24N2O. The molecule has 0 aliphatic carbocycles. The number of hydrogen-bond donors (Lipinski definition) is 1. The standard InChI is InChI=1S/C11H24N2O/c1-5-6-7-8-13(4)11(14)10(12)9(2)3/h9-10H,5-8,12H2,1-4H3. The van der Waals surface area contributed by atoms with Gasteiger partial charge in [-0.3, -0.25) is 4.79 Å². The summed E-state index contributed by atoms with van der Waals surface area (Å²) in [6.07, 6.45) is 3.43. The molecule has 0 heterocycles. The Morgan fingerprint density at radius 3 is 2.36 bits per heavy atom. The lowest BCUT2D eigenvalue weighted by molar-refractivity contribution is -0.132. The highest BCUT2D eigenvalue weighted by Crippen LogP contribution is 2.04. The van der Waals surface area contributed by atoms with Gasteiger partial charge in [0.05, 0.1) is 6.04 Å². The minimum atomic E-state index is -0.346. The highest BCUT2D eigenvalue weighted by Gasteiger charge is 2.20.